The minimum Gasteiger partial charge on any atom is -0.339 e. The first-order valence-corrected chi connectivity index (χ1v) is 8.53. The summed E-state index contributed by atoms with van der Waals surface area (Å²) in [6, 6.07) is 11.0. The van der Waals surface area contributed by atoms with Crippen molar-refractivity contribution in [2.24, 2.45) is 0 Å². The molecule has 1 aromatic rings. The maximum atomic E-state index is 12.3. The van der Waals surface area contributed by atoms with Crippen molar-refractivity contribution < 1.29 is 4.79 Å². The summed E-state index contributed by atoms with van der Waals surface area (Å²) in [5.41, 5.74) is 1.32. The van der Waals surface area contributed by atoms with Gasteiger partial charge >= 0.3 is 0 Å². The van der Waals surface area contributed by atoms with Crippen LogP contribution >= 0.6 is 11.8 Å². The summed E-state index contributed by atoms with van der Waals surface area (Å²) >= 11 is 1.63. The summed E-state index contributed by atoms with van der Waals surface area (Å²) in [5, 5.41) is 0. The van der Waals surface area contributed by atoms with E-state index in [1.807, 2.05) is 12.3 Å². The van der Waals surface area contributed by atoms with E-state index in [1.165, 1.54) is 31.2 Å². The van der Waals surface area contributed by atoms with E-state index >= 15 is 0 Å². The van der Waals surface area contributed by atoms with E-state index in [-0.39, 0.29) is 0 Å². The van der Waals surface area contributed by atoms with Gasteiger partial charge in [-0.25, -0.2) is 0 Å². The van der Waals surface area contributed by atoms with E-state index in [9.17, 15) is 4.79 Å². The quantitative estimate of drug-likeness (QED) is 0.794. The maximum Gasteiger partial charge on any atom is 0.232 e. The van der Waals surface area contributed by atoms with Gasteiger partial charge in [0.25, 0.3) is 0 Å². The molecular weight excluding hydrogens is 254 g/mol. The van der Waals surface area contributed by atoms with Gasteiger partial charge in [-0.05, 0) is 31.1 Å². The summed E-state index contributed by atoms with van der Waals surface area (Å²) in [4.78, 5) is 14.4. The monoisotopic (exact) mass is 277 g/mol. The lowest BCUT2D eigenvalue weighted by Gasteiger charge is -2.29. The molecule has 0 spiro atoms. The Morgan fingerprint density at radius 1 is 1.26 bits per heavy atom. The average molecular weight is 277 g/mol. The number of hydrogen-bond acceptors (Lipinski definition) is 2. The molecule has 0 aromatic heterocycles. The molecule has 2 nitrogen and oxygen atoms in total. The molecule has 1 aliphatic rings. The molecular formula is C16H23NOS. The van der Waals surface area contributed by atoms with Crippen LogP contribution in [-0.4, -0.2) is 35.4 Å². The standard InChI is InChI=1S/C16H23NOS/c1-19-13-16(18)17(15-9-5-6-10-15)12-11-14-7-3-2-4-8-14/h2-4,7-8,15H,5-6,9-13H2,1H3. The van der Waals surface area contributed by atoms with Crippen LogP contribution in [0.2, 0.25) is 0 Å². The fraction of sp³-hybridized carbons (Fsp3) is 0.562. The second-order valence-electron chi connectivity index (χ2n) is 5.19. The zero-order chi connectivity index (χ0) is 13.5. The predicted molar refractivity (Wildman–Crippen MR) is 82.5 cm³/mol. The molecule has 0 aliphatic heterocycles. The molecule has 1 aliphatic carbocycles. The fourth-order valence-electron chi connectivity index (χ4n) is 2.83. The molecule has 1 amide bonds. The second-order valence-corrected chi connectivity index (χ2v) is 6.06. The molecule has 0 heterocycles. The van der Waals surface area contributed by atoms with Gasteiger partial charge < -0.3 is 4.90 Å². The van der Waals surface area contributed by atoms with Gasteiger partial charge in [0.1, 0.15) is 0 Å². The van der Waals surface area contributed by atoms with Gasteiger partial charge in [-0.2, -0.15) is 11.8 Å². The zero-order valence-electron chi connectivity index (χ0n) is 11.7. The Morgan fingerprint density at radius 2 is 1.95 bits per heavy atom. The van der Waals surface area contributed by atoms with Gasteiger partial charge in [0.2, 0.25) is 5.91 Å². The maximum absolute atomic E-state index is 12.3. The molecule has 0 bridgehead atoms. The molecule has 1 aromatic carbocycles. The normalized spacial score (nSPS) is 15.6. The Bertz CT molecular complexity index is 387. The average Bonchev–Trinajstić information content (AvgIpc) is 2.94. The summed E-state index contributed by atoms with van der Waals surface area (Å²) in [7, 11) is 0. The second kappa shape index (κ2) is 7.59. The van der Waals surface area contributed by atoms with E-state index in [1.54, 1.807) is 11.8 Å². The lowest BCUT2D eigenvalue weighted by Crippen LogP contribution is -2.41. The Hall–Kier alpha value is -0.960. The minimum atomic E-state index is 0.315. The molecule has 3 heteroatoms. The van der Waals surface area contributed by atoms with Crippen LogP contribution in [0, 0.1) is 0 Å². The Morgan fingerprint density at radius 3 is 2.58 bits per heavy atom. The molecule has 1 saturated carbocycles. The highest BCUT2D eigenvalue weighted by molar-refractivity contribution is 7.99. The molecule has 0 atom stereocenters. The molecule has 0 saturated heterocycles. The molecule has 19 heavy (non-hydrogen) atoms. The zero-order valence-corrected chi connectivity index (χ0v) is 12.5. The van der Waals surface area contributed by atoms with Crippen molar-refractivity contribution in [3.05, 3.63) is 35.9 Å². The molecule has 0 unspecified atom stereocenters. The first kappa shape index (κ1) is 14.4. The number of carbonyl (C=O) groups is 1. The van der Waals surface area contributed by atoms with Crippen LogP contribution in [-0.2, 0) is 11.2 Å². The van der Waals surface area contributed by atoms with Gasteiger partial charge in [0.15, 0.2) is 0 Å². The van der Waals surface area contributed by atoms with Gasteiger partial charge in [-0.15, -0.1) is 0 Å². The Labute approximate surface area is 120 Å². The highest BCUT2D eigenvalue weighted by atomic mass is 32.2. The van der Waals surface area contributed by atoms with Crippen molar-refractivity contribution in [2.45, 2.75) is 38.1 Å². The Balaban J connectivity index is 1.95. The first-order chi connectivity index (χ1) is 9.31. The van der Waals surface area contributed by atoms with Crippen molar-refractivity contribution in [2.75, 3.05) is 18.6 Å². The van der Waals surface area contributed by atoms with Crippen molar-refractivity contribution in [1.82, 2.24) is 4.90 Å². The number of thioether (sulfide) groups is 1. The van der Waals surface area contributed by atoms with Crippen molar-refractivity contribution in [3.8, 4) is 0 Å². The van der Waals surface area contributed by atoms with E-state index in [4.69, 9.17) is 0 Å². The molecule has 104 valence electrons. The van der Waals surface area contributed by atoms with Crippen LogP contribution in [0.25, 0.3) is 0 Å². The first-order valence-electron chi connectivity index (χ1n) is 7.13. The minimum absolute atomic E-state index is 0.315. The third-order valence-corrected chi connectivity index (χ3v) is 4.37. The summed E-state index contributed by atoms with van der Waals surface area (Å²) in [6.07, 6.45) is 7.90. The SMILES string of the molecule is CSCC(=O)N(CCc1ccccc1)C1CCCC1. The van der Waals surface area contributed by atoms with Crippen molar-refractivity contribution in [1.29, 1.82) is 0 Å². The molecule has 1 fully saturated rings. The highest BCUT2D eigenvalue weighted by Gasteiger charge is 2.25. The van der Waals surface area contributed by atoms with Crippen LogP contribution in [0.15, 0.2) is 30.3 Å². The van der Waals surface area contributed by atoms with E-state index < -0.39 is 0 Å². The summed E-state index contributed by atoms with van der Waals surface area (Å²) in [6.45, 7) is 0.869. The number of hydrogen-bond donors (Lipinski definition) is 0. The largest absolute Gasteiger partial charge is 0.339 e. The number of nitrogens with zero attached hydrogens (tertiary/aromatic N) is 1. The highest BCUT2D eigenvalue weighted by Crippen LogP contribution is 2.24. The number of rotatable bonds is 6. The van der Waals surface area contributed by atoms with Gasteiger partial charge in [-0.1, -0.05) is 43.2 Å². The third-order valence-electron chi connectivity index (χ3n) is 3.84. The van der Waals surface area contributed by atoms with E-state index in [0.29, 0.717) is 17.7 Å². The van der Waals surface area contributed by atoms with Crippen LogP contribution in [0.4, 0.5) is 0 Å². The smallest absolute Gasteiger partial charge is 0.232 e. The van der Waals surface area contributed by atoms with E-state index in [2.05, 4.69) is 29.2 Å². The van der Waals surface area contributed by atoms with Crippen LogP contribution in [0.5, 0.6) is 0 Å². The van der Waals surface area contributed by atoms with Gasteiger partial charge in [-0.3, -0.25) is 4.79 Å². The molecule has 0 radical (unpaired) electrons. The van der Waals surface area contributed by atoms with Crippen molar-refractivity contribution in [3.63, 3.8) is 0 Å². The van der Waals surface area contributed by atoms with Crippen molar-refractivity contribution >= 4 is 17.7 Å². The fourth-order valence-corrected chi connectivity index (χ4v) is 3.24. The van der Waals surface area contributed by atoms with Crippen LogP contribution < -0.4 is 0 Å². The summed E-state index contributed by atoms with van der Waals surface area (Å²) in [5.74, 6) is 0.931. The number of benzene rings is 1. The van der Waals surface area contributed by atoms with Crippen LogP contribution in [0.1, 0.15) is 31.2 Å². The van der Waals surface area contributed by atoms with E-state index in [0.717, 1.165) is 13.0 Å². The van der Waals surface area contributed by atoms with Gasteiger partial charge in [0.05, 0.1) is 5.75 Å². The molecule has 2 rings (SSSR count). The lowest BCUT2D eigenvalue weighted by molar-refractivity contribution is -0.130. The van der Waals surface area contributed by atoms with Crippen LogP contribution in [0.3, 0.4) is 0 Å². The number of carbonyl (C=O) groups excluding carboxylic acids is 1. The third kappa shape index (κ3) is 4.27. The molecule has 0 N–H and O–H groups in total. The topological polar surface area (TPSA) is 20.3 Å². The lowest BCUT2D eigenvalue weighted by atomic mass is 10.1. The number of amides is 1. The van der Waals surface area contributed by atoms with Gasteiger partial charge in [0, 0.05) is 12.6 Å². The summed E-state index contributed by atoms with van der Waals surface area (Å²) < 4.78 is 0. The predicted octanol–water partition coefficient (Wildman–Crippen LogP) is 3.36. The Kier molecular flexibility index (Phi) is 5.77.